The fourth-order valence-corrected chi connectivity index (χ4v) is 3.12. The van der Waals surface area contributed by atoms with Crippen LogP contribution in [0.4, 0.5) is 0 Å². The van der Waals surface area contributed by atoms with E-state index in [1.54, 1.807) is 7.05 Å². The van der Waals surface area contributed by atoms with Crippen molar-refractivity contribution in [3.63, 3.8) is 0 Å². The maximum Gasteiger partial charge on any atom is 0.216 e. The molecular weight excluding hydrogens is 276 g/mol. The molecule has 7 heteroatoms. The van der Waals surface area contributed by atoms with Gasteiger partial charge >= 0.3 is 0 Å². The monoisotopic (exact) mass is 300 g/mol. The van der Waals surface area contributed by atoms with Crippen LogP contribution < -0.4 is 5.73 Å². The Balaban J connectivity index is 0.00000289. The number of sulfonamides is 1. The average Bonchev–Trinajstić information content (AvgIpc) is 3.02. The van der Waals surface area contributed by atoms with Crippen molar-refractivity contribution in [2.75, 3.05) is 26.0 Å². The molecule has 110 valence electrons. The summed E-state index contributed by atoms with van der Waals surface area (Å²) in [5, 5.41) is 0. The van der Waals surface area contributed by atoms with Gasteiger partial charge in [0.05, 0.1) is 18.5 Å². The molecule has 1 aliphatic rings. The Morgan fingerprint density at radius 1 is 1.39 bits per heavy atom. The minimum Gasteiger partial charge on any atom is -0.378 e. The van der Waals surface area contributed by atoms with Gasteiger partial charge in [-0.05, 0) is 32.6 Å². The van der Waals surface area contributed by atoms with Gasteiger partial charge in [-0.25, -0.2) is 12.7 Å². The van der Waals surface area contributed by atoms with Crippen molar-refractivity contribution in [3.05, 3.63) is 0 Å². The van der Waals surface area contributed by atoms with Gasteiger partial charge in [0, 0.05) is 19.6 Å². The number of hydrogen-bond donors (Lipinski definition) is 1. The predicted molar refractivity (Wildman–Crippen MR) is 75.5 cm³/mol. The summed E-state index contributed by atoms with van der Waals surface area (Å²) in [6.07, 6.45) is 2.23. The topological polar surface area (TPSA) is 72.6 Å². The van der Waals surface area contributed by atoms with Gasteiger partial charge in [0.15, 0.2) is 0 Å². The highest BCUT2D eigenvalue weighted by molar-refractivity contribution is 7.89. The van der Waals surface area contributed by atoms with E-state index in [2.05, 4.69) is 0 Å². The van der Waals surface area contributed by atoms with E-state index >= 15 is 0 Å². The largest absolute Gasteiger partial charge is 0.378 e. The summed E-state index contributed by atoms with van der Waals surface area (Å²) in [5.74, 6) is 0.482. The minimum absolute atomic E-state index is 0. The van der Waals surface area contributed by atoms with E-state index in [0.717, 1.165) is 12.8 Å². The van der Waals surface area contributed by atoms with Crippen LogP contribution in [0.15, 0.2) is 0 Å². The highest BCUT2D eigenvalue weighted by Crippen LogP contribution is 2.35. The summed E-state index contributed by atoms with van der Waals surface area (Å²) >= 11 is 0. The van der Waals surface area contributed by atoms with Crippen LogP contribution in [-0.4, -0.2) is 50.8 Å². The number of rotatable bonds is 8. The molecule has 1 atom stereocenters. The lowest BCUT2D eigenvalue weighted by atomic mass is 10.2. The molecule has 18 heavy (non-hydrogen) atoms. The number of likely N-dealkylation sites (N-methyl/N-ethyl adjacent to an activating group) is 1. The molecule has 0 radical (unpaired) electrons. The van der Waals surface area contributed by atoms with E-state index in [1.807, 2.05) is 13.8 Å². The molecule has 1 unspecified atom stereocenters. The maximum absolute atomic E-state index is 12.0. The van der Waals surface area contributed by atoms with E-state index in [-0.39, 0.29) is 36.9 Å². The highest BCUT2D eigenvalue weighted by atomic mass is 35.5. The maximum atomic E-state index is 12.0. The summed E-state index contributed by atoms with van der Waals surface area (Å²) < 4.78 is 30.8. The quantitative estimate of drug-likeness (QED) is 0.721. The Morgan fingerprint density at radius 2 is 1.94 bits per heavy atom. The van der Waals surface area contributed by atoms with Crippen molar-refractivity contribution in [2.24, 2.45) is 11.7 Å². The zero-order valence-corrected chi connectivity index (χ0v) is 13.0. The van der Waals surface area contributed by atoms with Gasteiger partial charge in [-0.3, -0.25) is 0 Å². The lowest BCUT2D eigenvalue weighted by Gasteiger charge is -2.26. The Bertz CT molecular complexity index is 331. The van der Waals surface area contributed by atoms with E-state index in [1.165, 1.54) is 4.31 Å². The summed E-state index contributed by atoms with van der Waals surface area (Å²) in [7, 11) is -1.62. The van der Waals surface area contributed by atoms with Crippen LogP contribution in [0, 0.1) is 5.92 Å². The van der Waals surface area contributed by atoms with Crippen molar-refractivity contribution < 1.29 is 13.2 Å². The third-order valence-electron chi connectivity index (χ3n) is 3.11. The van der Waals surface area contributed by atoms with E-state index < -0.39 is 10.0 Å². The number of nitrogens with two attached hydrogens (primary N) is 1. The van der Waals surface area contributed by atoms with Crippen LogP contribution in [0.2, 0.25) is 0 Å². The van der Waals surface area contributed by atoms with Gasteiger partial charge in [0.2, 0.25) is 10.0 Å². The van der Waals surface area contributed by atoms with Gasteiger partial charge in [-0.1, -0.05) is 0 Å². The molecule has 0 bridgehead atoms. The summed E-state index contributed by atoms with van der Waals surface area (Å²) in [6.45, 7) is 4.42. The van der Waals surface area contributed by atoms with Crippen LogP contribution in [-0.2, 0) is 14.8 Å². The van der Waals surface area contributed by atoms with Gasteiger partial charge in [0.25, 0.3) is 0 Å². The SMILES string of the molecule is CC(C)OCCS(=O)(=O)N(C)C(CN)C1CC1.Cl. The van der Waals surface area contributed by atoms with Crippen LogP contribution >= 0.6 is 12.4 Å². The van der Waals surface area contributed by atoms with Crippen LogP contribution in [0.3, 0.4) is 0 Å². The number of halogens is 1. The smallest absolute Gasteiger partial charge is 0.216 e. The van der Waals surface area contributed by atoms with Gasteiger partial charge in [-0.2, -0.15) is 0 Å². The number of ether oxygens (including phenoxy) is 1. The predicted octanol–water partition coefficient (Wildman–Crippen LogP) is 0.832. The zero-order valence-electron chi connectivity index (χ0n) is 11.3. The molecule has 2 N–H and O–H groups in total. The van der Waals surface area contributed by atoms with Crippen molar-refractivity contribution in [3.8, 4) is 0 Å². The Labute approximate surface area is 117 Å². The molecule has 0 aliphatic heterocycles. The fourth-order valence-electron chi connectivity index (χ4n) is 1.86. The Morgan fingerprint density at radius 3 is 2.33 bits per heavy atom. The molecule has 1 rings (SSSR count). The second kappa shape index (κ2) is 7.65. The Hall–Kier alpha value is 0.120. The zero-order chi connectivity index (χ0) is 13.1. The Kier molecular flexibility index (Phi) is 7.70. The molecule has 0 aromatic carbocycles. The molecule has 0 aromatic heterocycles. The first-order valence-electron chi connectivity index (χ1n) is 6.16. The minimum atomic E-state index is -3.24. The summed E-state index contributed by atoms with van der Waals surface area (Å²) in [6, 6.07) is -0.0425. The first-order valence-corrected chi connectivity index (χ1v) is 7.76. The molecule has 0 heterocycles. The molecule has 5 nitrogen and oxygen atoms in total. The van der Waals surface area contributed by atoms with Gasteiger partial charge < -0.3 is 10.5 Å². The first-order chi connectivity index (χ1) is 7.88. The van der Waals surface area contributed by atoms with E-state index in [4.69, 9.17) is 10.5 Å². The molecular formula is C11H25ClN2O3S. The second-order valence-corrected chi connectivity index (χ2v) is 7.04. The molecule has 1 saturated carbocycles. The van der Waals surface area contributed by atoms with E-state index in [0.29, 0.717) is 12.5 Å². The molecule has 1 fully saturated rings. The summed E-state index contributed by atoms with van der Waals surface area (Å²) in [5.41, 5.74) is 5.65. The van der Waals surface area contributed by atoms with E-state index in [9.17, 15) is 8.42 Å². The molecule has 1 aliphatic carbocycles. The van der Waals surface area contributed by atoms with Gasteiger partial charge in [0.1, 0.15) is 0 Å². The normalized spacial score (nSPS) is 17.9. The molecule has 0 spiro atoms. The lowest BCUT2D eigenvalue weighted by molar-refractivity contribution is 0.0905. The van der Waals surface area contributed by atoms with Crippen LogP contribution in [0.5, 0.6) is 0 Å². The van der Waals surface area contributed by atoms with Gasteiger partial charge in [-0.15, -0.1) is 12.4 Å². The van der Waals surface area contributed by atoms with Crippen LogP contribution in [0.1, 0.15) is 26.7 Å². The number of hydrogen-bond acceptors (Lipinski definition) is 4. The standard InChI is InChI=1S/C11H24N2O3S.ClH/c1-9(2)16-6-7-17(14,15)13(3)11(8-12)10-4-5-10;/h9-11H,4-8,12H2,1-3H3;1H. The molecule has 0 aromatic rings. The number of nitrogens with zero attached hydrogens (tertiary/aromatic N) is 1. The fraction of sp³-hybridized carbons (Fsp3) is 1.00. The first kappa shape index (κ1) is 18.1. The third-order valence-corrected chi connectivity index (χ3v) is 4.94. The van der Waals surface area contributed by atoms with Crippen molar-refractivity contribution in [1.82, 2.24) is 4.31 Å². The van der Waals surface area contributed by atoms with Crippen molar-refractivity contribution in [2.45, 2.75) is 38.8 Å². The molecule has 0 amide bonds. The third kappa shape index (κ3) is 5.40. The second-order valence-electron chi connectivity index (χ2n) is 4.89. The average molecular weight is 301 g/mol. The highest BCUT2D eigenvalue weighted by Gasteiger charge is 2.37. The lowest BCUT2D eigenvalue weighted by Crippen LogP contribution is -2.44. The van der Waals surface area contributed by atoms with Crippen molar-refractivity contribution in [1.29, 1.82) is 0 Å². The molecule has 0 saturated heterocycles. The van der Waals surface area contributed by atoms with Crippen molar-refractivity contribution >= 4 is 22.4 Å². The summed E-state index contributed by atoms with van der Waals surface area (Å²) in [4.78, 5) is 0. The van der Waals surface area contributed by atoms with Crippen LogP contribution in [0.25, 0.3) is 0 Å².